The summed E-state index contributed by atoms with van der Waals surface area (Å²) < 4.78 is 5.14. The molecule has 3 rings (SSSR count). The number of benzene rings is 2. The van der Waals surface area contributed by atoms with Gasteiger partial charge in [-0.05, 0) is 16.7 Å². The van der Waals surface area contributed by atoms with Crippen molar-refractivity contribution in [3.63, 3.8) is 0 Å². The predicted molar refractivity (Wildman–Crippen MR) is 97.7 cm³/mol. The number of nitrogens with zero attached hydrogens (tertiary/aromatic N) is 1. The second kappa shape index (κ2) is 8.49. The molecule has 0 aliphatic rings. The van der Waals surface area contributed by atoms with E-state index in [2.05, 4.69) is 15.3 Å². The molecule has 0 aliphatic heterocycles. The summed E-state index contributed by atoms with van der Waals surface area (Å²) in [6.07, 6.45) is 6.85. The monoisotopic (exact) mass is 333 g/mol. The fourth-order valence-electron chi connectivity index (χ4n) is 2.30. The molecule has 2 aromatic carbocycles. The molecule has 5 nitrogen and oxygen atoms in total. The molecule has 0 radical (unpaired) electrons. The van der Waals surface area contributed by atoms with Gasteiger partial charge in [-0.1, -0.05) is 66.7 Å². The molecule has 2 N–H and O–H groups in total. The zero-order valence-corrected chi connectivity index (χ0v) is 13.7. The van der Waals surface area contributed by atoms with E-state index in [1.54, 1.807) is 12.5 Å². The second-order valence-corrected chi connectivity index (χ2v) is 5.43. The Bertz CT molecular complexity index is 810. The van der Waals surface area contributed by atoms with E-state index >= 15 is 0 Å². The Kier molecular flexibility index (Phi) is 5.61. The summed E-state index contributed by atoms with van der Waals surface area (Å²) in [5.41, 5.74) is 4.09. The molecule has 25 heavy (non-hydrogen) atoms. The third-order valence-corrected chi connectivity index (χ3v) is 3.61. The van der Waals surface area contributed by atoms with Crippen LogP contribution in [-0.4, -0.2) is 22.6 Å². The van der Waals surface area contributed by atoms with Crippen LogP contribution in [0.25, 0.3) is 17.3 Å². The Morgan fingerprint density at radius 2 is 1.92 bits per heavy atom. The van der Waals surface area contributed by atoms with Gasteiger partial charge >= 0.3 is 6.09 Å². The van der Waals surface area contributed by atoms with Gasteiger partial charge in [0.25, 0.3) is 0 Å². The molecule has 1 aromatic heterocycles. The molecule has 126 valence electrons. The maximum atomic E-state index is 11.6. The first-order valence-corrected chi connectivity index (χ1v) is 8.01. The van der Waals surface area contributed by atoms with E-state index < -0.39 is 6.09 Å². The van der Waals surface area contributed by atoms with Crippen LogP contribution >= 0.6 is 0 Å². The van der Waals surface area contributed by atoms with Gasteiger partial charge in [0.05, 0.1) is 18.2 Å². The Hall–Kier alpha value is -3.34. The van der Waals surface area contributed by atoms with Gasteiger partial charge in [0.15, 0.2) is 0 Å². The lowest BCUT2D eigenvalue weighted by atomic mass is 10.1. The highest BCUT2D eigenvalue weighted by atomic mass is 16.5. The van der Waals surface area contributed by atoms with Crippen molar-refractivity contribution < 1.29 is 9.53 Å². The van der Waals surface area contributed by atoms with Crippen LogP contribution in [0.5, 0.6) is 0 Å². The molecule has 0 bridgehead atoms. The van der Waals surface area contributed by atoms with E-state index in [1.165, 1.54) is 0 Å². The van der Waals surface area contributed by atoms with Crippen LogP contribution in [-0.2, 0) is 11.3 Å². The number of hydrogen-bond acceptors (Lipinski definition) is 3. The van der Waals surface area contributed by atoms with Crippen LogP contribution in [0.15, 0.2) is 73.2 Å². The van der Waals surface area contributed by atoms with E-state index in [0.717, 1.165) is 22.4 Å². The number of rotatable bonds is 6. The third-order valence-electron chi connectivity index (χ3n) is 3.61. The zero-order valence-electron chi connectivity index (χ0n) is 13.7. The van der Waals surface area contributed by atoms with Crippen molar-refractivity contribution in [2.75, 3.05) is 6.54 Å². The largest absolute Gasteiger partial charge is 0.445 e. The summed E-state index contributed by atoms with van der Waals surface area (Å²) in [7, 11) is 0. The molecule has 0 unspecified atom stereocenters. The van der Waals surface area contributed by atoms with E-state index in [-0.39, 0.29) is 6.61 Å². The number of aromatic amines is 1. The molecule has 0 aliphatic carbocycles. The van der Waals surface area contributed by atoms with Crippen molar-refractivity contribution in [3.05, 3.63) is 84.3 Å². The van der Waals surface area contributed by atoms with Gasteiger partial charge in [-0.15, -0.1) is 0 Å². The maximum absolute atomic E-state index is 11.6. The van der Waals surface area contributed by atoms with Crippen molar-refractivity contribution in [2.45, 2.75) is 6.61 Å². The first-order chi connectivity index (χ1) is 12.3. The molecule has 0 saturated carbocycles. The Morgan fingerprint density at radius 3 is 2.64 bits per heavy atom. The van der Waals surface area contributed by atoms with Gasteiger partial charge in [-0.3, -0.25) is 0 Å². The SMILES string of the molecule is O=C(NCC=Cc1ccc(-c2cnc[nH]2)cc1)OCc1ccccc1. The minimum atomic E-state index is -0.428. The highest BCUT2D eigenvalue weighted by molar-refractivity contribution is 5.67. The topological polar surface area (TPSA) is 67.0 Å². The average Bonchev–Trinajstić information content (AvgIpc) is 3.20. The van der Waals surface area contributed by atoms with Crippen LogP contribution in [0, 0.1) is 0 Å². The van der Waals surface area contributed by atoms with Crippen molar-refractivity contribution in [1.82, 2.24) is 15.3 Å². The molecule has 0 fully saturated rings. The summed E-state index contributed by atoms with van der Waals surface area (Å²) in [4.78, 5) is 18.7. The fourth-order valence-corrected chi connectivity index (χ4v) is 2.30. The molecule has 3 aromatic rings. The quantitative estimate of drug-likeness (QED) is 0.716. The van der Waals surface area contributed by atoms with Crippen molar-refractivity contribution in [3.8, 4) is 11.3 Å². The van der Waals surface area contributed by atoms with Crippen molar-refractivity contribution in [2.24, 2.45) is 0 Å². The highest BCUT2D eigenvalue weighted by Crippen LogP contribution is 2.16. The van der Waals surface area contributed by atoms with E-state index in [4.69, 9.17) is 4.74 Å². The predicted octanol–water partition coefficient (Wildman–Crippen LogP) is 4.02. The lowest BCUT2D eigenvalue weighted by Crippen LogP contribution is -2.24. The second-order valence-electron chi connectivity index (χ2n) is 5.43. The van der Waals surface area contributed by atoms with Crippen LogP contribution in [0.4, 0.5) is 4.79 Å². The number of hydrogen-bond donors (Lipinski definition) is 2. The van der Waals surface area contributed by atoms with Gasteiger partial charge in [-0.25, -0.2) is 9.78 Å². The summed E-state index contributed by atoms with van der Waals surface area (Å²) in [5.74, 6) is 0. The number of amides is 1. The fraction of sp³-hybridized carbons (Fsp3) is 0.100. The molecule has 0 saturated heterocycles. The molecule has 1 heterocycles. The summed E-state index contributed by atoms with van der Waals surface area (Å²) >= 11 is 0. The number of H-pyrrole nitrogens is 1. The number of ether oxygens (including phenoxy) is 1. The Labute approximate surface area is 146 Å². The van der Waals surface area contributed by atoms with Gasteiger partial charge < -0.3 is 15.0 Å². The van der Waals surface area contributed by atoms with Crippen LogP contribution < -0.4 is 5.32 Å². The minimum absolute atomic E-state index is 0.269. The highest BCUT2D eigenvalue weighted by Gasteiger charge is 2.00. The molecular formula is C20H19N3O2. The molecule has 0 atom stereocenters. The number of nitrogens with one attached hydrogen (secondary N) is 2. The number of alkyl carbamates (subject to hydrolysis) is 1. The van der Waals surface area contributed by atoms with Crippen molar-refractivity contribution in [1.29, 1.82) is 0 Å². The number of imidazole rings is 1. The van der Waals surface area contributed by atoms with Crippen LogP contribution in [0.3, 0.4) is 0 Å². The first-order valence-electron chi connectivity index (χ1n) is 8.01. The summed E-state index contributed by atoms with van der Waals surface area (Å²) in [5, 5.41) is 2.70. The lowest BCUT2D eigenvalue weighted by Gasteiger charge is -2.05. The minimum Gasteiger partial charge on any atom is -0.445 e. The van der Waals surface area contributed by atoms with Gasteiger partial charge in [0.1, 0.15) is 6.61 Å². The summed E-state index contributed by atoms with van der Waals surface area (Å²) in [6, 6.07) is 17.7. The summed E-state index contributed by atoms with van der Waals surface area (Å²) in [6.45, 7) is 0.682. The average molecular weight is 333 g/mol. The van der Waals surface area contributed by atoms with E-state index in [1.807, 2.05) is 66.7 Å². The van der Waals surface area contributed by atoms with Crippen molar-refractivity contribution >= 4 is 12.2 Å². The lowest BCUT2D eigenvalue weighted by molar-refractivity contribution is 0.141. The Morgan fingerprint density at radius 1 is 1.12 bits per heavy atom. The maximum Gasteiger partial charge on any atom is 0.407 e. The number of carbonyl (C=O) groups excluding carboxylic acids is 1. The molecule has 5 heteroatoms. The van der Waals surface area contributed by atoms with Gasteiger partial charge in [0, 0.05) is 6.54 Å². The number of aromatic nitrogens is 2. The van der Waals surface area contributed by atoms with Crippen LogP contribution in [0.2, 0.25) is 0 Å². The Balaban J connectivity index is 1.41. The zero-order chi connectivity index (χ0) is 17.3. The standard InChI is InChI=1S/C20H19N3O2/c24-20(25-14-17-5-2-1-3-6-17)22-12-4-7-16-8-10-18(11-9-16)19-13-21-15-23-19/h1-11,13,15H,12,14H2,(H,21,23)(H,22,24). The van der Waals surface area contributed by atoms with E-state index in [0.29, 0.717) is 6.54 Å². The van der Waals surface area contributed by atoms with Gasteiger partial charge in [-0.2, -0.15) is 0 Å². The smallest absolute Gasteiger partial charge is 0.407 e. The first kappa shape index (κ1) is 16.5. The number of carbonyl (C=O) groups is 1. The van der Waals surface area contributed by atoms with Gasteiger partial charge in [0.2, 0.25) is 0 Å². The molecular weight excluding hydrogens is 314 g/mol. The molecule has 1 amide bonds. The normalized spacial score (nSPS) is 10.7. The van der Waals surface area contributed by atoms with E-state index in [9.17, 15) is 4.79 Å². The third kappa shape index (κ3) is 5.07. The molecule has 0 spiro atoms. The van der Waals surface area contributed by atoms with Crippen LogP contribution in [0.1, 0.15) is 11.1 Å².